The van der Waals surface area contributed by atoms with Gasteiger partial charge in [-0.15, -0.1) is 0 Å². The van der Waals surface area contributed by atoms with Crippen molar-refractivity contribution in [2.24, 2.45) is 7.05 Å². The van der Waals surface area contributed by atoms with Crippen molar-refractivity contribution in [2.75, 3.05) is 11.1 Å². The molecule has 0 fully saturated rings. The fraction of sp³-hybridized carbons (Fsp3) is 0.0870. The zero-order chi connectivity index (χ0) is 22.9. The van der Waals surface area contributed by atoms with E-state index in [9.17, 15) is 4.79 Å². The molecule has 0 bridgehead atoms. The quantitative estimate of drug-likeness (QED) is 0.376. The summed E-state index contributed by atoms with van der Waals surface area (Å²) in [6.07, 6.45) is 3.39. The lowest BCUT2D eigenvalue weighted by Crippen LogP contribution is -2.29. The second-order valence-electron chi connectivity index (χ2n) is 7.42. The van der Waals surface area contributed by atoms with Crippen LogP contribution in [0, 0.1) is 0 Å². The maximum Gasteiger partial charge on any atom is 0.353 e. The summed E-state index contributed by atoms with van der Waals surface area (Å²) in [5, 5.41) is 5.51. The number of carbonyl (C=O) groups excluding carboxylic acids is 1. The average molecular weight is 477 g/mol. The Morgan fingerprint density at radius 1 is 1.18 bits per heavy atom. The highest BCUT2D eigenvalue weighted by Gasteiger charge is 2.22. The fourth-order valence-electron chi connectivity index (χ4n) is 3.69. The lowest BCUT2D eigenvalue weighted by Gasteiger charge is -2.09. The molecule has 1 amide bonds. The largest absolute Gasteiger partial charge is 0.353 e. The summed E-state index contributed by atoms with van der Waals surface area (Å²) < 4.78 is 3.74. The molecule has 5 aromatic rings. The zero-order valence-electron chi connectivity index (χ0n) is 17.6. The van der Waals surface area contributed by atoms with Gasteiger partial charge in [0, 0.05) is 28.7 Å². The second-order valence-corrected chi connectivity index (χ2v) is 8.66. The fourth-order valence-corrected chi connectivity index (χ4v) is 4.73. The molecule has 0 spiro atoms. The van der Waals surface area contributed by atoms with Crippen molar-refractivity contribution in [3.63, 3.8) is 0 Å². The number of aryl methyl sites for hydroxylation is 1. The van der Waals surface area contributed by atoms with E-state index in [1.54, 1.807) is 16.8 Å². The van der Waals surface area contributed by atoms with Crippen LogP contribution >= 0.6 is 22.9 Å². The number of nitrogens with zero attached hydrogens (tertiary/aromatic N) is 5. The third kappa shape index (κ3) is 4.04. The summed E-state index contributed by atoms with van der Waals surface area (Å²) in [6.45, 7) is 0. The molecule has 0 aliphatic heterocycles. The molecular weight excluding hydrogens is 458 g/mol. The van der Waals surface area contributed by atoms with Crippen molar-refractivity contribution in [3.8, 4) is 22.6 Å². The van der Waals surface area contributed by atoms with Crippen LogP contribution in [0.2, 0.25) is 5.02 Å². The topological polar surface area (TPSA) is 103 Å². The monoisotopic (exact) mass is 476 g/mol. The lowest BCUT2D eigenvalue weighted by molar-refractivity contribution is -0.484. The summed E-state index contributed by atoms with van der Waals surface area (Å²) in [4.78, 5) is 26.4. The summed E-state index contributed by atoms with van der Waals surface area (Å²) in [5.41, 5.74) is 10.9. The number of nitrogens with two attached hydrogens (primary N) is 1. The first kappa shape index (κ1) is 21.0. The maximum absolute atomic E-state index is 12.6. The Kier molecular flexibility index (Phi) is 5.49. The van der Waals surface area contributed by atoms with Crippen molar-refractivity contribution >= 4 is 45.4 Å². The average Bonchev–Trinajstić information content (AvgIpc) is 3.39. The van der Waals surface area contributed by atoms with E-state index in [2.05, 4.69) is 20.3 Å². The van der Waals surface area contributed by atoms with Gasteiger partial charge in [-0.2, -0.15) is 4.40 Å². The van der Waals surface area contributed by atoms with E-state index in [1.165, 1.54) is 17.7 Å². The summed E-state index contributed by atoms with van der Waals surface area (Å²) in [6, 6.07) is 14.9. The van der Waals surface area contributed by atoms with E-state index in [0.29, 0.717) is 16.7 Å². The van der Waals surface area contributed by atoms with Crippen LogP contribution in [0.4, 0.5) is 11.6 Å². The molecule has 10 heteroatoms. The van der Waals surface area contributed by atoms with Crippen molar-refractivity contribution in [3.05, 3.63) is 77.2 Å². The SMILES string of the molecule is Cn1cnc(-c2cccc(NC(=O)Cc3ccccc3Cl)c2)c1-c1csc2ncnc(N)[n+]12. The number of nitrogen functional groups attached to an aromatic ring is 1. The van der Waals surface area contributed by atoms with E-state index in [-0.39, 0.29) is 12.3 Å². The lowest BCUT2D eigenvalue weighted by atomic mass is 10.1. The Balaban J connectivity index is 1.48. The predicted molar refractivity (Wildman–Crippen MR) is 129 cm³/mol. The molecule has 0 atom stereocenters. The summed E-state index contributed by atoms with van der Waals surface area (Å²) in [7, 11) is 1.92. The van der Waals surface area contributed by atoms with Crippen molar-refractivity contribution in [1.29, 1.82) is 0 Å². The number of hydrogen-bond donors (Lipinski definition) is 2. The molecule has 164 valence electrons. The minimum Gasteiger partial charge on any atom is -0.331 e. The molecule has 5 rings (SSSR count). The van der Waals surface area contributed by atoms with Gasteiger partial charge in [-0.1, -0.05) is 63.2 Å². The molecule has 8 nitrogen and oxygen atoms in total. The maximum atomic E-state index is 12.6. The molecule has 33 heavy (non-hydrogen) atoms. The Hall–Kier alpha value is -3.82. The Bertz CT molecular complexity index is 1490. The Labute approximate surface area is 198 Å². The van der Waals surface area contributed by atoms with E-state index in [1.807, 2.05) is 59.5 Å². The van der Waals surface area contributed by atoms with Gasteiger partial charge in [0.25, 0.3) is 4.96 Å². The van der Waals surface area contributed by atoms with Crippen LogP contribution in [0.5, 0.6) is 0 Å². The number of halogens is 1. The van der Waals surface area contributed by atoms with Gasteiger partial charge in [-0.3, -0.25) is 4.79 Å². The van der Waals surface area contributed by atoms with E-state index in [0.717, 1.165) is 33.2 Å². The third-order valence-corrected chi connectivity index (χ3v) is 6.41. The Morgan fingerprint density at radius 3 is 2.88 bits per heavy atom. The van der Waals surface area contributed by atoms with Gasteiger partial charge < -0.3 is 15.6 Å². The highest BCUT2D eigenvalue weighted by molar-refractivity contribution is 7.14. The molecule has 3 N–H and O–H groups in total. The molecule has 0 unspecified atom stereocenters. The first-order valence-corrected chi connectivity index (χ1v) is 11.3. The van der Waals surface area contributed by atoms with Gasteiger partial charge in [0.15, 0.2) is 0 Å². The zero-order valence-corrected chi connectivity index (χ0v) is 19.1. The number of fused-ring (bicyclic) bond motifs is 1. The number of anilines is 2. The predicted octanol–water partition coefficient (Wildman–Crippen LogP) is 3.76. The minimum atomic E-state index is -0.147. The van der Waals surface area contributed by atoms with Crippen LogP contribution in [-0.2, 0) is 18.3 Å². The standard InChI is InChI=1S/C23H18ClN7OS/c1-30-13-28-20(21(30)18-11-33-23-27-12-26-22(25)31(18)23)15-6-4-7-16(9-15)29-19(32)10-14-5-2-3-8-17(14)24/h2-9,11-13,25H,10H2,1H3,(H,29,32)/p+1. The van der Waals surface area contributed by atoms with Gasteiger partial charge in [-0.05, 0) is 23.8 Å². The van der Waals surface area contributed by atoms with Crippen molar-refractivity contribution < 1.29 is 9.20 Å². The van der Waals surface area contributed by atoms with Gasteiger partial charge in [-0.25, -0.2) is 4.98 Å². The number of aromatic nitrogens is 5. The number of imidazole rings is 1. The first-order valence-electron chi connectivity index (χ1n) is 10.1. The molecular formula is C23H19ClN7OS+. The van der Waals surface area contributed by atoms with E-state index in [4.69, 9.17) is 17.3 Å². The van der Waals surface area contributed by atoms with Crippen LogP contribution in [0.1, 0.15) is 5.56 Å². The summed E-state index contributed by atoms with van der Waals surface area (Å²) >= 11 is 7.66. The molecule has 0 saturated carbocycles. The highest BCUT2D eigenvalue weighted by atomic mass is 35.5. The van der Waals surface area contributed by atoms with E-state index >= 15 is 0 Å². The molecule has 2 aromatic carbocycles. The molecule has 0 aliphatic carbocycles. The van der Waals surface area contributed by atoms with Crippen molar-refractivity contribution in [1.82, 2.24) is 19.5 Å². The van der Waals surface area contributed by atoms with Gasteiger partial charge >= 0.3 is 5.95 Å². The van der Waals surface area contributed by atoms with Gasteiger partial charge in [0.05, 0.1) is 18.4 Å². The van der Waals surface area contributed by atoms with Gasteiger partial charge in [0.1, 0.15) is 11.4 Å². The highest BCUT2D eigenvalue weighted by Crippen LogP contribution is 2.32. The smallest absolute Gasteiger partial charge is 0.331 e. The van der Waals surface area contributed by atoms with Crippen LogP contribution in [0.3, 0.4) is 0 Å². The van der Waals surface area contributed by atoms with Crippen molar-refractivity contribution in [2.45, 2.75) is 6.42 Å². The Morgan fingerprint density at radius 2 is 2.03 bits per heavy atom. The summed E-state index contributed by atoms with van der Waals surface area (Å²) in [5.74, 6) is 0.204. The molecule has 0 radical (unpaired) electrons. The van der Waals surface area contributed by atoms with E-state index < -0.39 is 0 Å². The van der Waals surface area contributed by atoms with Crippen LogP contribution < -0.4 is 15.5 Å². The second kappa shape index (κ2) is 8.61. The molecule has 3 aromatic heterocycles. The first-order chi connectivity index (χ1) is 16.0. The number of rotatable bonds is 5. The molecule has 0 saturated heterocycles. The molecule has 0 aliphatic rings. The number of hydrogen-bond acceptors (Lipinski definition) is 6. The van der Waals surface area contributed by atoms with Gasteiger partial charge in [0.2, 0.25) is 12.2 Å². The van der Waals surface area contributed by atoms with Crippen LogP contribution in [0.25, 0.3) is 27.6 Å². The van der Waals surface area contributed by atoms with Crippen LogP contribution in [-0.4, -0.2) is 25.4 Å². The number of nitrogens with one attached hydrogen (secondary N) is 1. The minimum absolute atomic E-state index is 0.147. The molecule has 3 heterocycles. The third-order valence-electron chi connectivity index (χ3n) is 5.20. The number of amides is 1. The number of thiazole rings is 1. The number of benzene rings is 2. The normalized spacial score (nSPS) is 11.1. The number of carbonyl (C=O) groups is 1. The van der Waals surface area contributed by atoms with Crippen LogP contribution in [0.15, 0.2) is 66.6 Å².